The number of nitrogens with one attached hydrogen (secondary N) is 1. The van der Waals surface area contributed by atoms with E-state index in [2.05, 4.69) is 6.92 Å². The first kappa shape index (κ1) is 11.5. The van der Waals surface area contributed by atoms with Crippen LogP contribution in [0.1, 0.15) is 39.0 Å². The molecule has 1 fully saturated rings. The lowest BCUT2D eigenvalue weighted by molar-refractivity contribution is -0.132. The SMILES string of the molecule is CC1CCCC(CN)(CC(=O)NO)C1. The number of rotatable bonds is 3. The fourth-order valence-corrected chi connectivity index (χ4v) is 2.57. The molecule has 4 nitrogen and oxygen atoms in total. The van der Waals surface area contributed by atoms with Crippen molar-refractivity contribution in [2.45, 2.75) is 39.0 Å². The number of nitrogens with two attached hydrogens (primary N) is 1. The van der Waals surface area contributed by atoms with Gasteiger partial charge in [0.05, 0.1) is 0 Å². The summed E-state index contributed by atoms with van der Waals surface area (Å²) in [4.78, 5) is 11.1. The molecule has 2 unspecified atom stereocenters. The van der Waals surface area contributed by atoms with Crippen LogP contribution in [-0.2, 0) is 4.79 Å². The molecule has 1 saturated carbocycles. The molecule has 0 saturated heterocycles. The van der Waals surface area contributed by atoms with Crippen LogP contribution < -0.4 is 11.2 Å². The molecule has 0 bridgehead atoms. The Morgan fingerprint density at radius 3 is 2.93 bits per heavy atom. The lowest BCUT2D eigenvalue weighted by atomic mass is 9.68. The van der Waals surface area contributed by atoms with Crippen LogP contribution >= 0.6 is 0 Å². The molecule has 1 rings (SSSR count). The summed E-state index contributed by atoms with van der Waals surface area (Å²) < 4.78 is 0. The zero-order chi connectivity index (χ0) is 10.6. The highest BCUT2D eigenvalue weighted by molar-refractivity contribution is 5.75. The van der Waals surface area contributed by atoms with Gasteiger partial charge in [0.1, 0.15) is 0 Å². The van der Waals surface area contributed by atoms with Crippen molar-refractivity contribution >= 4 is 5.91 Å². The highest BCUT2D eigenvalue weighted by atomic mass is 16.5. The Bertz CT molecular complexity index is 208. The molecule has 0 aliphatic heterocycles. The molecule has 4 N–H and O–H groups in total. The summed E-state index contributed by atoms with van der Waals surface area (Å²) in [6, 6.07) is 0. The minimum atomic E-state index is -0.315. The number of amides is 1. The van der Waals surface area contributed by atoms with Gasteiger partial charge in [0.15, 0.2) is 0 Å². The molecular formula is C10H20N2O2. The third-order valence-corrected chi connectivity index (χ3v) is 3.28. The van der Waals surface area contributed by atoms with Crippen molar-refractivity contribution in [1.82, 2.24) is 5.48 Å². The van der Waals surface area contributed by atoms with E-state index in [0.29, 0.717) is 18.9 Å². The molecule has 1 aliphatic carbocycles. The summed E-state index contributed by atoms with van der Waals surface area (Å²) in [5, 5.41) is 8.50. The van der Waals surface area contributed by atoms with Crippen molar-refractivity contribution in [1.29, 1.82) is 0 Å². The van der Waals surface area contributed by atoms with Gasteiger partial charge in [-0.1, -0.05) is 19.8 Å². The van der Waals surface area contributed by atoms with Crippen molar-refractivity contribution in [3.8, 4) is 0 Å². The summed E-state index contributed by atoms with van der Waals surface area (Å²) in [5.41, 5.74) is 7.35. The summed E-state index contributed by atoms with van der Waals surface area (Å²) >= 11 is 0. The predicted octanol–water partition coefficient (Wildman–Crippen LogP) is 1.04. The fourth-order valence-electron chi connectivity index (χ4n) is 2.57. The van der Waals surface area contributed by atoms with E-state index in [-0.39, 0.29) is 11.3 Å². The van der Waals surface area contributed by atoms with Crippen LogP contribution in [0.4, 0.5) is 0 Å². The van der Waals surface area contributed by atoms with E-state index in [1.165, 1.54) is 6.42 Å². The van der Waals surface area contributed by atoms with Crippen molar-refractivity contribution in [3.63, 3.8) is 0 Å². The van der Waals surface area contributed by atoms with E-state index >= 15 is 0 Å². The standard InChI is InChI=1S/C10H20N2O2/c1-8-3-2-4-10(5-8,7-11)6-9(13)12-14/h8,14H,2-7,11H2,1H3,(H,12,13). The quantitative estimate of drug-likeness (QED) is 0.470. The highest BCUT2D eigenvalue weighted by Gasteiger charge is 2.35. The Labute approximate surface area is 84.8 Å². The zero-order valence-electron chi connectivity index (χ0n) is 8.75. The monoisotopic (exact) mass is 200 g/mol. The molecule has 0 spiro atoms. The molecule has 0 radical (unpaired) electrons. The van der Waals surface area contributed by atoms with Gasteiger partial charge in [-0.3, -0.25) is 10.0 Å². The number of hydrogen-bond acceptors (Lipinski definition) is 3. The second-order valence-corrected chi connectivity index (χ2v) is 4.62. The summed E-state index contributed by atoms with van der Waals surface area (Å²) in [7, 11) is 0. The average Bonchev–Trinajstić information content (AvgIpc) is 2.17. The largest absolute Gasteiger partial charge is 0.330 e. The minimum Gasteiger partial charge on any atom is -0.330 e. The van der Waals surface area contributed by atoms with E-state index in [9.17, 15) is 4.79 Å². The molecule has 4 heteroatoms. The average molecular weight is 200 g/mol. The van der Waals surface area contributed by atoms with Gasteiger partial charge in [0, 0.05) is 6.42 Å². The maximum Gasteiger partial charge on any atom is 0.243 e. The Hall–Kier alpha value is -0.610. The minimum absolute atomic E-state index is 0.0789. The third kappa shape index (κ3) is 2.69. The highest BCUT2D eigenvalue weighted by Crippen LogP contribution is 2.41. The first-order valence-electron chi connectivity index (χ1n) is 5.25. The van der Waals surface area contributed by atoms with Crippen molar-refractivity contribution in [2.24, 2.45) is 17.1 Å². The first-order valence-corrected chi connectivity index (χ1v) is 5.25. The summed E-state index contributed by atoms with van der Waals surface area (Å²) in [5.74, 6) is 0.323. The Morgan fingerprint density at radius 2 is 2.43 bits per heavy atom. The van der Waals surface area contributed by atoms with Crippen molar-refractivity contribution in [2.75, 3.05) is 6.54 Å². The molecule has 14 heavy (non-hydrogen) atoms. The molecule has 82 valence electrons. The Balaban J connectivity index is 2.60. The molecule has 1 amide bonds. The van der Waals surface area contributed by atoms with Gasteiger partial charge >= 0.3 is 0 Å². The zero-order valence-corrected chi connectivity index (χ0v) is 8.75. The Morgan fingerprint density at radius 1 is 1.71 bits per heavy atom. The molecule has 0 aromatic rings. The number of hydroxylamine groups is 1. The first-order chi connectivity index (χ1) is 6.62. The molecule has 2 atom stereocenters. The van der Waals surface area contributed by atoms with Crippen LogP contribution in [0.25, 0.3) is 0 Å². The summed E-state index contributed by atoms with van der Waals surface area (Å²) in [6.07, 6.45) is 4.71. The van der Waals surface area contributed by atoms with E-state index < -0.39 is 0 Å². The Kier molecular flexibility index (Phi) is 3.89. The van der Waals surface area contributed by atoms with Gasteiger partial charge < -0.3 is 5.73 Å². The predicted molar refractivity (Wildman–Crippen MR) is 53.7 cm³/mol. The second kappa shape index (κ2) is 4.75. The van der Waals surface area contributed by atoms with Crippen LogP contribution in [0.5, 0.6) is 0 Å². The van der Waals surface area contributed by atoms with Crippen LogP contribution in [0.3, 0.4) is 0 Å². The second-order valence-electron chi connectivity index (χ2n) is 4.62. The molecule has 1 aliphatic rings. The van der Waals surface area contributed by atoms with E-state index in [1.807, 2.05) is 0 Å². The number of carbonyl (C=O) groups excluding carboxylic acids is 1. The van der Waals surface area contributed by atoms with Gasteiger partial charge in [-0.25, -0.2) is 5.48 Å². The molecule has 0 heterocycles. The van der Waals surface area contributed by atoms with Crippen molar-refractivity contribution < 1.29 is 10.0 Å². The smallest absolute Gasteiger partial charge is 0.243 e. The maximum absolute atomic E-state index is 11.1. The van der Waals surface area contributed by atoms with Crippen LogP contribution in [0.15, 0.2) is 0 Å². The summed E-state index contributed by atoms with van der Waals surface area (Å²) in [6.45, 7) is 2.73. The molecule has 0 aromatic heterocycles. The maximum atomic E-state index is 11.1. The van der Waals surface area contributed by atoms with Crippen LogP contribution in [0, 0.1) is 11.3 Å². The lowest BCUT2D eigenvalue weighted by Crippen LogP contribution is -2.39. The normalized spacial score (nSPS) is 32.6. The van der Waals surface area contributed by atoms with Gasteiger partial charge in [0.25, 0.3) is 0 Å². The molecular weight excluding hydrogens is 180 g/mol. The van der Waals surface area contributed by atoms with Crippen LogP contribution in [-0.4, -0.2) is 17.7 Å². The van der Waals surface area contributed by atoms with Crippen molar-refractivity contribution in [3.05, 3.63) is 0 Å². The van der Waals surface area contributed by atoms with E-state index in [4.69, 9.17) is 10.9 Å². The van der Waals surface area contributed by atoms with Gasteiger partial charge in [-0.15, -0.1) is 0 Å². The number of hydrogen-bond donors (Lipinski definition) is 3. The fraction of sp³-hybridized carbons (Fsp3) is 0.900. The van der Waals surface area contributed by atoms with Gasteiger partial charge in [0.2, 0.25) is 5.91 Å². The third-order valence-electron chi connectivity index (χ3n) is 3.28. The number of carbonyl (C=O) groups is 1. The van der Waals surface area contributed by atoms with E-state index in [1.54, 1.807) is 5.48 Å². The molecule has 0 aromatic carbocycles. The lowest BCUT2D eigenvalue weighted by Gasteiger charge is -2.38. The van der Waals surface area contributed by atoms with E-state index in [0.717, 1.165) is 19.3 Å². The van der Waals surface area contributed by atoms with Crippen LogP contribution in [0.2, 0.25) is 0 Å². The topological polar surface area (TPSA) is 75.4 Å². The van der Waals surface area contributed by atoms with Gasteiger partial charge in [-0.2, -0.15) is 0 Å². The van der Waals surface area contributed by atoms with Gasteiger partial charge in [-0.05, 0) is 30.7 Å².